The second-order valence-corrected chi connectivity index (χ2v) is 2.92. The van der Waals surface area contributed by atoms with E-state index in [1.165, 1.54) is 18.3 Å². The van der Waals surface area contributed by atoms with Crippen molar-refractivity contribution < 1.29 is 14.3 Å². The van der Waals surface area contributed by atoms with Crippen molar-refractivity contribution >= 4 is 5.97 Å². The van der Waals surface area contributed by atoms with Crippen LogP contribution in [0.15, 0.2) is 38.4 Å². The summed E-state index contributed by atoms with van der Waals surface area (Å²) in [7, 11) is 0. The summed E-state index contributed by atoms with van der Waals surface area (Å²) in [4.78, 5) is 34.7. The maximum atomic E-state index is 11.3. The quantitative estimate of drug-likeness (QED) is 0.733. The first-order chi connectivity index (χ1) is 7.58. The van der Waals surface area contributed by atoms with E-state index in [9.17, 15) is 14.4 Å². The van der Waals surface area contributed by atoms with Gasteiger partial charge in [-0.2, -0.15) is 0 Å². The van der Waals surface area contributed by atoms with Crippen LogP contribution in [0.1, 0.15) is 10.6 Å². The minimum atomic E-state index is -1.23. The van der Waals surface area contributed by atoms with E-state index in [2.05, 4.69) is 0 Å². The average Bonchev–Trinajstić information content (AvgIpc) is 2.66. The van der Waals surface area contributed by atoms with Crippen molar-refractivity contribution in [3.05, 3.63) is 51.0 Å². The van der Waals surface area contributed by atoms with Crippen molar-refractivity contribution in [2.75, 3.05) is 0 Å². The van der Waals surface area contributed by atoms with E-state index in [4.69, 9.17) is 9.52 Å². The van der Waals surface area contributed by atoms with Gasteiger partial charge in [-0.25, -0.2) is 14.2 Å². The Kier molecular flexibility index (Phi) is 2.20. The van der Waals surface area contributed by atoms with Crippen LogP contribution < -0.4 is 11.2 Å². The van der Waals surface area contributed by atoms with Crippen LogP contribution in [0.4, 0.5) is 0 Å². The zero-order chi connectivity index (χ0) is 11.7. The summed E-state index contributed by atoms with van der Waals surface area (Å²) in [6.45, 7) is 0. The number of nitrogens with zero attached hydrogens (tertiary/aromatic N) is 1. The first-order valence-corrected chi connectivity index (χ1v) is 4.23. The number of aromatic carboxylic acids is 1. The third-order valence-corrected chi connectivity index (χ3v) is 1.86. The fourth-order valence-electron chi connectivity index (χ4n) is 1.16. The molecule has 2 rings (SSSR count). The molecule has 0 unspecified atom stereocenters. The van der Waals surface area contributed by atoms with E-state index in [-0.39, 0.29) is 11.6 Å². The number of nitrogens with one attached hydrogen (secondary N) is 1. The van der Waals surface area contributed by atoms with E-state index < -0.39 is 17.2 Å². The zero-order valence-electron chi connectivity index (χ0n) is 7.84. The normalized spacial score (nSPS) is 10.2. The largest absolute Gasteiger partial charge is 0.475 e. The minimum absolute atomic E-state index is 0.0265. The fourth-order valence-corrected chi connectivity index (χ4v) is 1.16. The van der Waals surface area contributed by atoms with Crippen molar-refractivity contribution in [3.63, 3.8) is 0 Å². The molecule has 2 heterocycles. The molecule has 0 saturated heterocycles. The highest BCUT2D eigenvalue weighted by molar-refractivity contribution is 5.84. The summed E-state index contributed by atoms with van der Waals surface area (Å²) in [5.41, 5.74) is -1.23. The number of carbonyl (C=O) groups is 1. The fraction of sp³-hybridized carbons (Fsp3) is 0. The van der Waals surface area contributed by atoms with Gasteiger partial charge in [0, 0.05) is 18.3 Å². The lowest BCUT2D eigenvalue weighted by atomic mass is 10.4. The molecule has 2 N–H and O–H groups in total. The maximum Gasteiger partial charge on any atom is 0.371 e. The first-order valence-electron chi connectivity index (χ1n) is 4.23. The second kappa shape index (κ2) is 3.54. The van der Waals surface area contributed by atoms with E-state index in [0.717, 1.165) is 10.6 Å². The highest BCUT2D eigenvalue weighted by Crippen LogP contribution is 2.10. The Bertz CT molecular complexity index is 648. The van der Waals surface area contributed by atoms with Gasteiger partial charge in [0.2, 0.25) is 11.6 Å². The van der Waals surface area contributed by atoms with Gasteiger partial charge in [-0.15, -0.1) is 0 Å². The molecule has 0 amide bonds. The molecule has 82 valence electrons. The minimum Gasteiger partial charge on any atom is -0.475 e. The van der Waals surface area contributed by atoms with Gasteiger partial charge >= 0.3 is 11.7 Å². The molecule has 7 nitrogen and oxygen atoms in total. The van der Waals surface area contributed by atoms with Gasteiger partial charge < -0.3 is 9.52 Å². The molecule has 0 aliphatic rings. The molecule has 0 bridgehead atoms. The van der Waals surface area contributed by atoms with E-state index in [0.29, 0.717) is 0 Å². The van der Waals surface area contributed by atoms with Crippen molar-refractivity contribution in [2.24, 2.45) is 0 Å². The number of hydrogen-bond donors (Lipinski definition) is 2. The number of furan rings is 1. The third-order valence-electron chi connectivity index (χ3n) is 1.86. The average molecular weight is 222 g/mol. The Labute approximate surface area is 87.6 Å². The van der Waals surface area contributed by atoms with Crippen molar-refractivity contribution in [1.29, 1.82) is 0 Å². The highest BCUT2D eigenvalue weighted by atomic mass is 16.4. The highest BCUT2D eigenvalue weighted by Gasteiger charge is 2.10. The van der Waals surface area contributed by atoms with Crippen LogP contribution in [0, 0.1) is 0 Å². The molecule has 7 heteroatoms. The molecule has 0 atom stereocenters. The van der Waals surface area contributed by atoms with Crippen LogP contribution in [0.25, 0.3) is 5.88 Å². The summed E-state index contributed by atoms with van der Waals surface area (Å²) in [5.74, 6) is -1.49. The second-order valence-electron chi connectivity index (χ2n) is 2.92. The predicted octanol–water partition coefficient (Wildman–Crippen LogP) is -0.183. The van der Waals surface area contributed by atoms with E-state index in [1.807, 2.05) is 4.98 Å². The van der Waals surface area contributed by atoms with Crippen LogP contribution in [-0.4, -0.2) is 20.6 Å². The zero-order valence-corrected chi connectivity index (χ0v) is 7.84. The number of aromatic nitrogens is 2. The Morgan fingerprint density at radius 1 is 1.31 bits per heavy atom. The molecule has 0 aliphatic carbocycles. The standard InChI is InChI=1S/C9H6N2O5/c12-6-3-4-11(9(15)10-6)7-2-1-5(16-7)8(13)14/h1-4H,(H,13,14)(H,10,12,15). The number of hydrogen-bond acceptors (Lipinski definition) is 4. The van der Waals surface area contributed by atoms with Crippen LogP contribution in [0.5, 0.6) is 0 Å². The SMILES string of the molecule is O=C(O)c1ccc(-n2ccc(=O)[nH]c2=O)o1. The Balaban J connectivity index is 2.55. The van der Waals surface area contributed by atoms with Gasteiger partial charge in [-0.3, -0.25) is 9.78 Å². The van der Waals surface area contributed by atoms with Gasteiger partial charge in [-0.1, -0.05) is 0 Å². The summed E-state index contributed by atoms with van der Waals surface area (Å²) in [5, 5.41) is 8.62. The monoisotopic (exact) mass is 222 g/mol. The number of carboxylic acid groups (broad SMARTS) is 1. The van der Waals surface area contributed by atoms with Gasteiger partial charge in [0.15, 0.2) is 0 Å². The van der Waals surface area contributed by atoms with Crippen LogP contribution in [0.2, 0.25) is 0 Å². The molecule has 0 fully saturated rings. The lowest BCUT2D eigenvalue weighted by molar-refractivity contribution is 0.0662. The van der Waals surface area contributed by atoms with Crippen molar-refractivity contribution in [3.8, 4) is 5.88 Å². The van der Waals surface area contributed by atoms with Crippen LogP contribution in [0.3, 0.4) is 0 Å². The number of carboxylic acids is 1. The molecule has 0 saturated carbocycles. The summed E-state index contributed by atoms with van der Waals surface area (Å²) >= 11 is 0. The number of rotatable bonds is 2. The van der Waals surface area contributed by atoms with E-state index in [1.54, 1.807) is 0 Å². The smallest absolute Gasteiger partial charge is 0.371 e. The Morgan fingerprint density at radius 3 is 2.62 bits per heavy atom. The van der Waals surface area contributed by atoms with Crippen molar-refractivity contribution in [1.82, 2.24) is 9.55 Å². The molecular formula is C9H6N2O5. The lowest BCUT2D eigenvalue weighted by Crippen LogP contribution is -2.27. The molecular weight excluding hydrogens is 216 g/mol. The van der Waals surface area contributed by atoms with Crippen molar-refractivity contribution in [2.45, 2.75) is 0 Å². The van der Waals surface area contributed by atoms with Crippen LogP contribution >= 0.6 is 0 Å². The predicted molar refractivity (Wildman–Crippen MR) is 51.9 cm³/mol. The van der Waals surface area contributed by atoms with Gasteiger partial charge in [0.25, 0.3) is 5.56 Å². The van der Waals surface area contributed by atoms with Gasteiger partial charge in [-0.05, 0) is 6.07 Å². The Hall–Kier alpha value is -2.57. The first kappa shape index (κ1) is 9.97. The Morgan fingerprint density at radius 2 is 2.06 bits per heavy atom. The number of H-pyrrole nitrogens is 1. The molecule has 0 radical (unpaired) electrons. The number of aromatic amines is 1. The maximum absolute atomic E-state index is 11.3. The summed E-state index contributed by atoms with van der Waals surface area (Å²) in [6.07, 6.45) is 1.20. The van der Waals surface area contributed by atoms with E-state index >= 15 is 0 Å². The molecule has 0 aliphatic heterocycles. The third kappa shape index (κ3) is 1.65. The molecule has 2 aromatic rings. The van der Waals surface area contributed by atoms with Crippen LogP contribution in [-0.2, 0) is 0 Å². The summed E-state index contributed by atoms with van der Waals surface area (Å²) < 4.78 is 5.89. The molecule has 0 spiro atoms. The topological polar surface area (TPSA) is 105 Å². The lowest BCUT2D eigenvalue weighted by Gasteiger charge is -1.98. The summed E-state index contributed by atoms with van der Waals surface area (Å²) in [6, 6.07) is 3.67. The molecule has 16 heavy (non-hydrogen) atoms. The van der Waals surface area contributed by atoms with Gasteiger partial charge in [0.1, 0.15) is 0 Å². The van der Waals surface area contributed by atoms with Gasteiger partial charge in [0.05, 0.1) is 0 Å². The molecule has 0 aromatic carbocycles. The molecule has 2 aromatic heterocycles.